The number of aromatic nitrogens is 5. The lowest BCUT2D eigenvalue weighted by atomic mass is 10.1. The number of benzene rings is 2. The molecule has 2 fully saturated rings. The number of sulfonamides is 1. The molecule has 4 heterocycles. The van der Waals surface area contributed by atoms with Gasteiger partial charge in [0.15, 0.2) is 0 Å². The molecule has 0 radical (unpaired) electrons. The van der Waals surface area contributed by atoms with E-state index in [0.29, 0.717) is 29.2 Å². The fourth-order valence-corrected chi connectivity index (χ4v) is 5.81. The average Bonchev–Trinajstić information content (AvgIpc) is 3.62. The van der Waals surface area contributed by atoms with Gasteiger partial charge in [-0.1, -0.05) is 0 Å². The lowest BCUT2D eigenvalue weighted by Crippen LogP contribution is -2.32. The van der Waals surface area contributed by atoms with Crippen LogP contribution in [0.25, 0.3) is 10.9 Å². The van der Waals surface area contributed by atoms with Crippen molar-refractivity contribution in [1.82, 2.24) is 49.8 Å². The highest BCUT2D eigenvalue weighted by atomic mass is 35.5. The Hall–Kier alpha value is -3.80. The van der Waals surface area contributed by atoms with E-state index in [1.807, 2.05) is 6.07 Å². The van der Waals surface area contributed by atoms with Crippen LogP contribution >= 0.6 is 12.4 Å². The third-order valence-electron chi connectivity index (χ3n) is 6.75. The minimum absolute atomic E-state index is 0. The van der Waals surface area contributed by atoms with Gasteiger partial charge in [-0.2, -0.15) is 20.1 Å². The van der Waals surface area contributed by atoms with Crippen molar-refractivity contribution in [3.8, 4) is 0 Å². The first-order chi connectivity index (χ1) is 18.0. The molecule has 0 bridgehead atoms. The summed E-state index contributed by atoms with van der Waals surface area (Å²) in [5.74, 6) is 1.84. The van der Waals surface area contributed by atoms with Crippen LogP contribution in [0.2, 0.25) is 0 Å². The number of nitrogens with zero attached hydrogens (tertiary/aromatic N) is 6. The molecule has 42 heavy (non-hydrogen) atoms. The average molecular weight is 632 g/mol. The minimum atomic E-state index is -3.76. The summed E-state index contributed by atoms with van der Waals surface area (Å²) in [5.41, 5.74) is 1.92. The van der Waals surface area contributed by atoms with Gasteiger partial charge in [-0.3, -0.25) is 9.82 Å². The van der Waals surface area contributed by atoms with Gasteiger partial charge in [0.2, 0.25) is 17.8 Å². The molecule has 2 saturated heterocycles. The van der Waals surface area contributed by atoms with Crippen molar-refractivity contribution in [1.29, 1.82) is 0 Å². The molecule has 2 aromatic carbocycles. The Balaban J connectivity index is -0.000000980. The second-order valence-electron chi connectivity index (χ2n) is 9.43. The molecule has 15 nitrogen and oxygen atoms in total. The molecule has 2 aliphatic heterocycles. The van der Waals surface area contributed by atoms with Gasteiger partial charge in [-0.15, -0.1) is 12.4 Å². The maximum Gasteiger partial charge on any atom is 0.261 e. The van der Waals surface area contributed by atoms with Gasteiger partial charge in [0, 0.05) is 43.0 Å². The van der Waals surface area contributed by atoms with Gasteiger partial charge in [-0.05, 0) is 74.6 Å². The number of hydrogen-bond acceptors (Lipinski definition) is 13. The highest BCUT2D eigenvalue weighted by Gasteiger charge is 2.21. The Labute approximate surface area is 258 Å². The Morgan fingerprint density at radius 2 is 1.29 bits per heavy atom. The molecule has 2 aliphatic rings. The maximum atomic E-state index is 13.0. The number of anilines is 5. The van der Waals surface area contributed by atoms with E-state index in [1.165, 1.54) is 6.42 Å². The minimum Gasteiger partial charge on any atom is -0.344 e. The van der Waals surface area contributed by atoms with Crippen LogP contribution in [0.3, 0.4) is 0 Å². The lowest BCUT2D eigenvalue weighted by Gasteiger charge is -2.27. The number of hydrogen-bond donors (Lipinski definition) is 7. The van der Waals surface area contributed by atoms with E-state index >= 15 is 0 Å². The van der Waals surface area contributed by atoms with E-state index in [-0.39, 0.29) is 47.6 Å². The molecule has 6 rings (SSSR count). The second-order valence-corrected chi connectivity index (χ2v) is 11.1. The van der Waals surface area contributed by atoms with Crippen molar-refractivity contribution in [2.75, 3.05) is 46.0 Å². The van der Waals surface area contributed by atoms with Gasteiger partial charge in [0.05, 0.1) is 22.3 Å². The van der Waals surface area contributed by atoms with Gasteiger partial charge < -0.3 is 39.7 Å². The fraction of sp³-hybridized carbons (Fsp3) is 0.360. The summed E-state index contributed by atoms with van der Waals surface area (Å²) < 4.78 is 28.5. The van der Waals surface area contributed by atoms with Crippen molar-refractivity contribution in [2.24, 2.45) is 0 Å². The van der Waals surface area contributed by atoms with E-state index in [4.69, 9.17) is 9.97 Å². The van der Waals surface area contributed by atoms with Crippen LogP contribution in [-0.2, 0) is 10.0 Å². The van der Waals surface area contributed by atoms with Crippen molar-refractivity contribution in [2.45, 2.75) is 37.0 Å². The largest absolute Gasteiger partial charge is 0.344 e. The van der Waals surface area contributed by atoms with Gasteiger partial charge in [-0.25, -0.2) is 8.42 Å². The predicted molar refractivity (Wildman–Crippen MR) is 180 cm³/mol. The molecule has 17 heteroatoms. The zero-order valence-corrected chi connectivity index (χ0v) is 25.3. The molecular formula is C25H50ClN13O2S. The summed E-state index contributed by atoms with van der Waals surface area (Å²) in [6.45, 7) is 3.76. The quantitative estimate of drug-likeness (QED) is 0.124. The molecular weight excluding hydrogens is 582 g/mol. The first kappa shape index (κ1) is 36.2. The molecule has 0 atom stereocenters. The zero-order chi connectivity index (χ0) is 25.2. The second kappa shape index (κ2) is 15.4. The monoisotopic (exact) mass is 631 g/mol. The van der Waals surface area contributed by atoms with Gasteiger partial charge >= 0.3 is 0 Å². The third kappa shape index (κ3) is 7.93. The standard InChI is InChI=1S/C25H29N9O2S.ClH.4H3N.4H2/c35-37(36,32-20-7-6-18-17-26-31-22(18)16-20)21-10-8-19(9-11-21)27-23-28-24(33-12-2-1-3-13-33)30-25(29-23)34-14-4-5-15-34;;;;;;;;;/h6-11,16-17,32H,1-5,12-15H2,(H,26,31)(H,27,28,29,30);1H;4*1H3;4*1H. The van der Waals surface area contributed by atoms with E-state index in [1.54, 1.807) is 42.6 Å². The van der Waals surface area contributed by atoms with Crippen LogP contribution in [0.1, 0.15) is 37.8 Å². The maximum absolute atomic E-state index is 13.0. The normalized spacial score (nSPS) is 14.4. The SMILES string of the molecule is Cl.N.N.N.N.O=S(=O)(Nc1ccc2cn[nH]c2c1)c1ccc(Nc2nc(N3CCCCC3)nc(N3CCCC3)n2)cc1.[HH].[HH].[HH].[HH]. The first-order valence-electron chi connectivity index (χ1n) is 12.6. The number of nitrogens with one attached hydrogen (secondary N) is 3. The van der Waals surface area contributed by atoms with Crippen molar-refractivity contribution >= 4 is 62.6 Å². The summed E-state index contributed by atoms with van der Waals surface area (Å²) in [4.78, 5) is 18.7. The Kier molecular flexibility index (Phi) is 13.3. The molecule has 240 valence electrons. The summed E-state index contributed by atoms with van der Waals surface area (Å²) in [6.07, 6.45) is 7.45. The summed E-state index contributed by atoms with van der Waals surface area (Å²) in [6, 6.07) is 11.8. The summed E-state index contributed by atoms with van der Waals surface area (Å²) in [7, 11) is -3.76. The number of H-pyrrole nitrogens is 1. The number of fused-ring (bicyclic) bond motifs is 1. The zero-order valence-electron chi connectivity index (χ0n) is 23.6. The highest BCUT2D eigenvalue weighted by Crippen LogP contribution is 2.26. The molecule has 15 N–H and O–H groups in total. The van der Waals surface area contributed by atoms with Crippen LogP contribution in [0, 0.1) is 0 Å². The number of halogens is 1. The number of aromatic amines is 1. The number of piperidine rings is 1. The van der Waals surface area contributed by atoms with Crippen LogP contribution in [0.5, 0.6) is 0 Å². The molecule has 2 aromatic heterocycles. The van der Waals surface area contributed by atoms with Crippen LogP contribution in [0.15, 0.2) is 53.6 Å². The van der Waals surface area contributed by atoms with Crippen LogP contribution < -0.4 is 44.4 Å². The molecule has 0 spiro atoms. The number of rotatable bonds is 7. The Morgan fingerprint density at radius 3 is 1.88 bits per heavy atom. The lowest BCUT2D eigenvalue weighted by molar-refractivity contribution is 0.567. The smallest absolute Gasteiger partial charge is 0.261 e. The predicted octanol–water partition coefficient (Wildman–Crippen LogP) is 5.94. The Bertz CT molecular complexity index is 1530. The molecule has 0 aliphatic carbocycles. The van der Waals surface area contributed by atoms with Crippen LogP contribution in [0.4, 0.5) is 29.2 Å². The van der Waals surface area contributed by atoms with Crippen molar-refractivity contribution in [3.63, 3.8) is 0 Å². The molecule has 4 aromatic rings. The van der Waals surface area contributed by atoms with Crippen molar-refractivity contribution < 1.29 is 14.1 Å². The van der Waals surface area contributed by atoms with E-state index < -0.39 is 10.0 Å². The topological polar surface area (TPSA) is 272 Å². The van der Waals surface area contributed by atoms with Crippen molar-refractivity contribution in [3.05, 3.63) is 48.7 Å². The Morgan fingerprint density at radius 1 is 0.738 bits per heavy atom. The molecule has 0 unspecified atom stereocenters. The molecule has 0 amide bonds. The molecule has 0 saturated carbocycles. The summed E-state index contributed by atoms with van der Waals surface area (Å²) in [5, 5.41) is 11.0. The van der Waals surface area contributed by atoms with Gasteiger partial charge in [0.1, 0.15) is 0 Å². The summed E-state index contributed by atoms with van der Waals surface area (Å²) >= 11 is 0. The van der Waals surface area contributed by atoms with Gasteiger partial charge in [0.25, 0.3) is 10.0 Å². The van der Waals surface area contributed by atoms with E-state index in [2.05, 4.69) is 35.0 Å². The van der Waals surface area contributed by atoms with E-state index in [9.17, 15) is 8.42 Å². The third-order valence-corrected chi connectivity index (χ3v) is 8.15. The van der Waals surface area contributed by atoms with Crippen LogP contribution in [-0.4, -0.2) is 59.7 Å². The fourth-order valence-electron chi connectivity index (χ4n) is 4.76. The van der Waals surface area contributed by atoms with E-state index in [0.717, 1.165) is 62.8 Å². The first-order valence-corrected chi connectivity index (χ1v) is 14.1. The highest BCUT2D eigenvalue weighted by molar-refractivity contribution is 7.92.